The molecule has 6 nitrogen and oxygen atoms in total. The van der Waals surface area contributed by atoms with Gasteiger partial charge in [-0.2, -0.15) is 0 Å². The number of carbonyl (C=O) groups excluding carboxylic acids is 1. The van der Waals surface area contributed by atoms with E-state index in [9.17, 15) is 4.79 Å². The Morgan fingerprint density at radius 3 is 2.52 bits per heavy atom. The van der Waals surface area contributed by atoms with Crippen molar-refractivity contribution < 1.29 is 4.79 Å². The topological polar surface area (TPSA) is 63.9 Å². The highest BCUT2D eigenvalue weighted by Crippen LogP contribution is 2.44. The normalized spacial score (nSPS) is 14.6. The Kier molecular flexibility index (Phi) is 5.94. The molecule has 0 radical (unpaired) electrons. The first-order valence-electron chi connectivity index (χ1n) is 10.1. The standard InChI is InChI=1S/C22H25N5OS/c1-3-26(4-2)21(28)19(16-9-6-5-7-10-16)29-22-25-24-20(27(22)18-12-13-18)17-11-8-14-23-15-17/h5-11,14-15,18-19H,3-4,12-13H2,1-2H3/t19-/m0/s1. The smallest absolute Gasteiger partial charge is 0.240 e. The van der Waals surface area contributed by atoms with E-state index in [-0.39, 0.29) is 11.2 Å². The zero-order chi connectivity index (χ0) is 20.2. The van der Waals surface area contributed by atoms with Gasteiger partial charge < -0.3 is 4.90 Å². The second kappa shape index (κ2) is 8.78. The van der Waals surface area contributed by atoms with Crippen molar-refractivity contribution in [1.29, 1.82) is 0 Å². The Bertz CT molecular complexity index is 952. The molecular weight excluding hydrogens is 382 g/mol. The molecule has 150 valence electrons. The van der Waals surface area contributed by atoms with Crippen molar-refractivity contribution >= 4 is 17.7 Å². The van der Waals surface area contributed by atoms with Crippen molar-refractivity contribution in [2.75, 3.05) is 13.1 Å². The summed E-state index contributed by atoms with van der Waals surface area (Å²) >= 11 is 1.50. The van der Waals surface area contributed by atoms with Gasteiger partial charge in [-0.3, -0.25) is 14.3 Å². The van der Waals surface area contributed by atoms with Crippen LogP contribution in [0.25, 0.3) is 11.4 Å². The van der Waals surface area contributed by atoms with Gasteiger partial charge in [0.25, 0.3) is 0 Å². The van der Waals surface area contributed by atoms with Crippen molar-refractivity contribution in [2.45, 2.75) is 43.1 Å². The molecule has 1 amide bonds. The third-order valence-electron chi connectivity index (χ3n) is 5.12. The lowest BCUT2D eigenvalue weighted by atomic mass is 10.1. The summed E-state index contributed by atoms with van der Waals surface area (Å²) in [7, 11) is 0. The average Bonchev–Trinajstić information content (AvgIpc) is 3.53. The number of carbonyl (C=O) groups is 1. The highest BCUT2D eigenvalue weighted by atomic mass is 32.2. The number of thioether (sulfide) groups is 1. The maximum absolute atomic E-state index is 13.3. The van der Waals surface area contributed by atoms with Crippen LogP contribution in [0.15, 0.2) is 60.0 Å². The number of benzene rings is 1. The maximum atomic E-state index is 13.3. The molecule has 0 aliphatic heterocycles. The first-order chi connectivity index (χ1) is 14.2. The van der Waals surface area contributed by atoms with Gasteiger partial charge in [-0.1, -0.05) is 42.1 Å². The second-order valence-corrected chi connectivity index (χ2v) is 8.14. The van der Waals surface area contributed by atoms with Crippen molar-refractivity contribution in [3.8, 4) is 11.4 Å². The van der Waals surface area contributed by atoms with Crippen LogP contribution in [0.5, 0.6) is 0 Å². The van der Waals surface area contributed by atoms with Gasteiger partial charge in [0, 0.05) is 37.1 Å². The molecule has 29 heavy (non-hydrogen) atoms. The molecule has 1 fully saturated rings. The fourth-order valence-corrected chi connectivity index (χ4v) is 4.60. The van der Waals surface area contributed by atoms with Crippen LogP contribution in [0.1, 0.15) is 43.5 Å². The molecule has 3 aromatic rings. The summed E-state index contributed by atoms with van der Waals surface area (Å²) < 4.78 is 2.19. The van der Waals surface area contributed by atoms with E-state index in [1.165, 1.54) is 11.8 Å². The van der Waals surface area contributed by atoms with E-state index >= 15 is 0 Å². The summed E-state index contributed by atoms with van der Waals surface area (Å²) in [5.41, 5.74) is 1.94. The van der Waals surface area contributed by atoms with Crippen molar-refractivity contribution in [3.05, 3.63) is 60.4 Å². The van der Waals surface area contributed by atoms with Crippen molar-refractivity contribution in [1.82, 2.24) is 24.6 Å². The Morgan fingerprint density at radius 1 is 1.14 bits per heavy atom. The minimum atomic E-state index is -0.348. The molecule has 2 heterocycles. The lowest BCUT2D eigenvalue weighted by Crippen LogP contribution is -2.34. The summed E-state index contributed by atoms with van der Waals surface area (Å²) in [5.74, 6) is 0.935. The minimum absolute atomic E-state index is 0.111. The van der Waals surface area contributed by atoms with E-state index in [0.717, 1.165) is 34.9 Å². The Hall–Kier alpha value is -2.67. The number of amides is 1. The average molecular weight is 408 g/mol. The predicted molar refractivity (Wildman–Crippen MR) is 114 cm³/mol. The summed E-state index contributed by atoms with van der Waals surface area (Å²) in [4.78, 5) is 19.4. The van der Waals surface area contributed by atoms with Crippen LogP contribution in [-0.4, -0.2) is 43.6 Å². The molecule has 2 aromatic heterocycles. The van der Waals surface area contributed by atoms with Crippen LogP contribution in [0.4, 0.5) is 0 Å². The lowest BCUT2D eigenvalue weighted by molar-refractivity contribution is -0.130. The third kappa shape index (κ3) is 4.19. The van der Waals surface area contributed by atoms with Gasteiger partial charge in [0.15, 0.2) is 11.0 Å². The zero-order valence-corrected chi connectivity index (χ0v) is 17.5. The minimum Gasteiger partial charge on any atom is -0.342 e. The molecule has 4 rings (SSSR count). The number of rotatable bonds is 8. The van der Waals surface area contributed by atoms with Crippen LogP contribution in [-0.2, 0) is 4.79 Å². The van der Waals surface area contributed by atoms with Crippen molar-refractivity contribution in [3.63, 3.8) is 0 Å². The lowest BCUT2D eigenvalue weighted by Gasteiger charge is -2.25. The number of aromatic nitrogens is 4. The SMILES string of the molecule is CCN(CC)C(=O)[C@@H](Sc1nnc(-c2cccnc2)n1C1CC1)c1ccccc1. The van der Waals surface area contributed by atoms with E-state index in [1.807, 2.05) is 67.4 Å². The second-order valence-electron chi connectivity index (χ2n) is 7.07. The third-order valence-corrected chi connectivity index (χ3v) is 6.32. The maximum Gasteiger partial charge on any atom is 0.240 e. The van der Waals surface area contributed by atoms with E-state index in [1.54, 1.807) is 6.20 Å². The van der Waals surface area contributed by atoms with Crippen LogP contribution in [0.3, 0.4) is 0 Å². The number of nitrogens with zero attached hydrogens (tertiary/aromatic N) is 5. The molecular formula is C22H25N5OS. The van der Waals surface area contributed by atoms with Gasteiger partial charge >= 0.3 is 0 Å². The summed E-state index contributed by atoms with van der Waals surface area (Å²) in [5, 5.41) is 9.40. The van der Waals surface area contributed by atoms with Gasteiger partial charge in [0.1, 0.15) is 5.25 Å². The summed E-state index contributed by atoms with van der Waals surface area (Å²) in [6.07, 6.45) is 5.79. The van der Waals surface area contributed by atoms with Gasteiger partial charge in [0.2, 0.25) is 5.91 Å². The highest BCUT2D eigenvalue weighted by molar-refractivity contribution is 8.00. The number of hydrogen-bond donors (Lipinski definition) is 0. The quantitative estimate of drug-likeness (QED) is 0.519. The van der Waals surface area contributed by atoms with E-state index in [2.05, 4.69) is 19.7 Å². The fraction of sp³-hybridized carbons (Fsp3) is 0.364. The van der Waals surface area contributed by atoms with Crippen LogP contribution in [0, 0.1) is 0 Å². The Balaban J connectivity index is 1.71. The molecule has 0 saturated heterocycles. The van der Waals surface area contributed by atoms with Gasteiger partial charge in [-0.15, -0.1) is 10.2 Å². The van der Waals surface area contributed by atoms with Crippen LogP contribution in [0.2, 0.25) is 0 Å². The van der Waals surface area contributed by atoms with E-state index < -0.39 is 0 Å². The molecule has 0 spiro atoms. The number of likely N-dealkylation sites (N-methyl/N-ethyl adjacent to an activating group) is 1. The summed E-state index contributed by atoms with van der Waals surface area (Å²) in [6, 6.07) is 14.3. The molecule has 1 aliphatic rings. The molecule has 1 aromatic carbocycles. The highest BCUT2D eigenvalue weighted by Gasteiger charge is 2.33. The first-order valence-corrected chi connectivity index (χ1v) is 11.0. The fourth-order valence-electron chi connectivity index (χ4n) is 3.41. The number of pyridine rings is 1. The predicted octanol–water partition coefficient (Wildman–Crippen LogP) is 4.38. The molecule has 1 aliphatic carbocycles. The zero-order valence-electron chi connectivity index (χ0n) is 16.7. The molecule has 0 unspecified atom stereocenters. The first kappa shape index (κ1) is 19.6. The molecule has 1 saturated carbocycles. The van der Waals surface area contributed by atoms with Gasteiger partial charge in [-0.05, 0) is 44.4 Å². The molecule has 1 atom stereocenters. The van der Waals surface area contributed by atoms with Crippen LogP contribution >= 0.6 is 11.8 Å². The monoisotopic (exact) mass is 407 g/mol. The largest absolute Gasteiger partial charge is 0.342 e. The molecule has 0 bridgehead atoms. The molecule has 7 heteroatoms. The Morgan fingerprint density at radius 2 is 1.90 bits per heavy atom. The summed E-state index contributed by atoms with van der Waals surface area (Å²) in [6.45, 7) is 5.41. The van der Waals surface area contributed by atoms with E-state index in [4.69, 9.17) is 0 Å². The van der Waals surface area contributed by atoms with Crippen molar-refractivity contribution in [2.24, 2.45) is 0 Å². The number of hydrogen-bond acceptors (Lipinski definition) is 5. The molecule has 0 N–H and O–H groups in total. The van der Waals surface area contributed by atoms with E-state index in [0.29, 0.717) is 19.1 Å². The van der Waals surface area contributed by atoms with Gasteiger partial charge in [-0.25, -0.2) is 0 Å². The van der Waals surface area contributed by atoms with Gasteiger partial charge in [0.05, 0.1) is 0 Å². The Labute approximate surface area is 175 Å². The van der Waals surface area contributed by atoms with Crippen LogP contribution < -0.4 is 0 Å².